The molecule has 0 aliphatic rings. The minimum atomic E-state index is -0.844. The summed E-state index contributed by atoms with van der Waals surface area (Å²) in [6, 6.07) is 1.74. The van der Waals surface area contributed by atoms with Crippen LogP contribution in [0.15, 0.2) is 18.2 Å². The zero-order valence-corrected chi connectivity index (χ0v) is 8.55. The van der Waals surface area contributed by atoms with Crippen LogP contribution in [0, 0.1) is 24.0 Å². The van der Waals surface area contributed by atoms with Crippen molar-refractivity contribution in [3.8, 4) is 12.3 Å². The van der Waals surface area contributed by atoms with Crippen molar-refractivity contribution in [3.05, 3.63) is 29.8 Å². The molecular weight excluding hydrogens is 214 g/mol. The highest BCUT2D eigenvalue weighted by atomic mass is 19.1. The average Bonchev–Trinajstić information content (AvgIpc) is 2.22. The van der Waals surface area contributed by atoms with Crippen molar-refractivity contribution >= 4 is 11.7 Å². The van der Waals surface area contributed by atoms with Crippen LogP contribution in [0.2, 0.25) is 0 Å². The molecule has 1 aromatic carbocycles. The van der Waals surface area contributed by atoms with Gasteiger partial charge < -0.3 is 10.6 Å². The Morgan fingerprint density at radius 3 is 2.75 bits per heavy atom. The minimum absolute atomic E-state index is 0.108. The van der Waals surface area contributed by atoms with Crippen LogP contribution in [0.4, 0.5) is 19.3 Å². The van der Waals surface area contributed by atoms with Gasteiger partial charge in [-0.1, -0.05) is 5.92 Å². The molecule has 1 aromatic rings. The third kappa shape index (κ3) is 3.24. The molecule has 1 unspecified atom stereocenters. The summed E-state index contributed by atoms with van der Waals surface area (Å²) in [5, 5.41) is 4.59. The average molecular weight is 224 g/mol. The summed E-state index contributed by atoms with van der Waals surface area (Å²) in [7, 11) is 0. The summed E-state index contributed by atoms with van der Waals surface area (Å²) in [4.78, 5) is 11.2. The number of nitrogens with one attached hydrogen (secondary N) is 2. The van der Waals surface area contributed by atoms with Crippen LogP contribution in [0.3, 0.4) is 0 Å². The number of halogens is 2. The van der Waals surface area contributed by atoms with E-state index >= 15 is 0 Å². The lowest BCUT2D eigenvalue weighted by atomic mass is 10.3. The van der Waals surface area contributed by atoms with E-state index < -0.39 is 23.7 Å². The molecule has 3 nitrogen and oxygen atoms in total. The molecule has 0 saturated carbocycles. The second kappa shape index (κ2) is 5.12. The van der Waals surface area contributed by atoms with Gasteiger partial charge in [0.1, 0.15) is 11.6 Å². The number of carbonyl (C=O) groups is 1. The topological polar surface area (TPSA) is 41.1 Å². The van der Waals surface area contributed by atoms with Crippen LogP contribution in [-0.2, 0) is 0 Å². The maximum Gasteiger partial charge on any atom is 0.320 e. The van der Waals surface area contributed by atoms with Crippen LogP contribution in [0.5, 0.6) is 0 Å². The smallest absolute Gasteiger partial charge is 0.320 e. The van der Waals surface area contributed by atoms with Crippen molar-refractivity contribution in [1.82, 2.24) is 5.32 Å². The van der Waals surface area contributed by atoms with Gasteiger partial charge in [0.2, 0.25) is 0 Å². The molecule has 0 aliphatic carbocycles. The van der Waals surface area contributed by atoms with Gasteiger partial charge in [0, 0.05) is 6.07 Å². The van der Waals surface area contributed by atoms with Crippen LogP contribution < -0.4 is 10.6 Å². The van der Waals surface area contributed by atoms with Gasteiger partial charge in [0.25, 0.3) is 0 Å². The van der Waals surface area contributed by atoms with E-state index in [9.17, 15) is 13.6 Å². The molecule has 0 aliphatic heterocycles. The number of rotatable bonds is 2. The van der Waals surface area contributed by atoms with Gasteiger partial charge in [-0.15, -0.1) is 6.42 Å². The largest absolute Gasteiger partial charge is 0.325 e. The zero-order chi connectivity index (χ0) is 12.1. The highest BCUT2D eigenvalue weighted by molar-refractivity contribution is 5.89. The molecule has 16 heavy (non-hydrogen) atoms. The molecule has 0 saturated heterocycles. The molecule has 1 rings (SSSR count). The fraction of sp³-hybridized carbons (Fsp3) is 0.182. The van der Waals surface area contributed by atoms with Gasteiger partial charge in [-0.25, -0.2) is 13.6 Å². The van der Waals surface area contributed by atoms with Crippen LogP contribution >= 0.6 is 0 Å². The Morgan fingerprint density at radius 2 is 2.19 bits per heavy atom. The molecule has 0 bridgehead atoms. The highest BCUT2D eigenvalue weighted by Gasteiger charge is 2.08. The first-order valence-corrected chi connectivity index (χ1v) is 4.51. The fourth-order valence-electron chi connectivity index (χ4n) is 0.988. The predicted octanol–water partition coefficient (Wildman–Crippen LogP) is 2.11. The standard InChI is InChI=1S/C11H10F2N2O/c1-3-7(2)14-11(16)15-10-5-4-8(12)6-9(10)13/h1,4-7H,2H3,(H2,14,15,16). The summed E-state index contributed by atoms with van der Waals surface area (Å²) < 4.78 is 25.7. The van der Waals surface area contributed by atoms with Gasteiger partial charge in [0.05, 0.1) is 11.7 Å². The lowest BCUT2D eigenvalue weighted by Gasteiger charge is -2.10. The third-order valence-electron chi connectivity index (χ3n) is 1.78. The van der Waals surface area contributed by atoms with Gasteiger partial charge in [-0.2, -0.15) is 0 Å². The first-order valence-electron chi connectivity index (χ1n) is 4.51. The lowest BCUT2D eigenvalue weighted by Crippen LogP contribution is -2.35. The molecule has 2 N–H and O–H groups in total. The number of carbonyl (C=O) groups excluding carboxylic acids is 1. The Morgan fingerprint density at radius 1 is 1.50 bits per heavy atom. The van der Waals surface area contributed by atoms with E-state index in [1.54, 1.807) is 6.92 Å². The second-order valence-corrected chi connectivity index (χ2v) is 3.11. The first kappa shape index (κ1) is 12.0. The molecule has 0 spiro atoms. The molecule has 1 atom stereocenters. The van der Waals surface area contributed by atoms with Crippen molar-refractivity contribution < 1.29 is 13.6 Å². The number of terminal acetylenes is 1. The molecule has 0 fully saturated rings. The summed E-state index contributed by atoms with van der Waals surface area (Å²) in [5.41, 5.74) is -0.108. The number of urea groups is 1. The van der Waals surface area contributed by atoms with Gasteiger partial charge >= 0.3 is 6.03 Å². The number of benzene rings is 1. The molecule has 0 radical (unpaired) electrons. The Balaban J connectivity index is 2.67. The SMILES string of the molecule is C#CC(C)NC(=O)Nc1ccc(F)cc1F. The fourth-order valence-corrected chi connectivity index (χ4v) is 0.988. The molecule has 0 aromatic heterocycles. The van der Waals surface area contributed by atoms with E-state index in [0.29, 0.717) is 6.07 Å². The summed E-state index contributed by atoms with van der Waals surface area (Å²) in [5.74, 6) is 0.728. The predicted molar refractivity (Wildman–Crippen MR) is 56.8 cm³/mol. The molecule has 0 heterocycles. The Bertz CT molecular complexity index is 440. The first-order chi connectivity index (χ1) is 7.52. The highest BCUT2D eigenvalue weighted by Crippen LogP contribution is 2.14. The summed E-state index contributed by atoms with van der Waals surface area (Å²) in [6.45, 7) is 1.60. The second-order valence-electron chi connectivity index (χ2n) is 3.11. The van der Waals surface area contributed by atoms with E-state index in [1.807, 2.05) is 0 Å². The Kier molecular flexibility index (Phi) is 3.84. The van der Waals surface area contributed by atoms with Gasteiger partial charge in [-0.05, 0) is 19.1 Å². The van der Waals surface area contributed by atoms with E-state index in [1.165, 1.54) is 0 Å². The monoisotopic (exact) mass is 224 g/mol. The van der Waals surface area contributed by atoms with Crippen LogP contribution in [0.1, 0.15) is 6.92 Å². The number of hydrogen-bond acceptors (Lipinski definition) is 1. The number of anilines is 1. The van der Waals surface area contributed by atoms with Gasteiger partial charge in [-0.3, -0.25) is 0 Å². The molecule has 2 amide bonds. The van der Waals surface area contributed by atoms with Crippen LogP contribution in [-0.4, -0.2) is 12.1 Å². The number of amides is 2. The van der Waals surface area contributed by atoms with Crippen molar-refractivity contribution in [3.63, 3.8) is 0 Å². The lowest BCUT2D eigenvalue weighted by molar-refractivity contribution is 0.251. The van der Waals surface area contributed by atoms with Crippen molar-refractivity contribution in [1.29, 1.82) is 0 Å². The number of hydrogen-bond donors (Lipinski definition) is 2. The van der Waals surface area contributed by atoms with E-state index in [2.05, 4.69) is 16.6 Å². The quantitative estimate of drug-likeness (QED) is 0.742. The summed E-state index contributed by atoms with van der Waals surface area (Å²) in [6.07, 6.45) is 5.05. The van der Waals surface area contributed by atoms with E-state index in [4.69, 9.17) is 6.42 Å². The van der Waals surface area contributed by atoms with E-state index in [-0.39, 0.29) is 5.69 Å². The maximum atomic E-state index is 13.1. The van der Waals surface area contributed by atoms with Crippen molar-refractivity contribution in [2.75, 3.05) is 5.32 Å². The van der Waals surface area contributed by atoms with Crippen molar-refractivity contribution in [2.45, 2.75) is 13.0 Å². The normalized spacial score (nSPS) is 11.4. The maximum absolute atomic E-state index is 13.1. The Hall–Kier alpha value is -2.09. The van der Waals surface area contributed by atoms with Crippen molar-refractivity contribution in [2.24, 2.45) is 0 Å². The molecule has 84 valence electrons. The van der Waals surface area contributed by atoms with Gasteiger partial charge in [0.15, 0.2) is 0 Å². The molecular formula is C11H10F2N2O. The summed E-state index contributed by atoms with van der Waals surface area (Å²) >= 11 is 0. The molecule has 5 heteroatoms. The third-order valence-corrected chi connectivity index (χ3v) is 1.78. The van der Waals surface area contributed by atoms with Crippen LogP contribution in [0.25, 0.3) is 0 Å². The minimum Gasteiger partial charge on any atom is -0.325 e. The Labute approximate surface area is 91.8 Å². The van der Waals surface area contributed by atoms with E-state index in [0.717, 1.165) is 12.1 Å². The zero-order valence-electron chi connectivity index (χ0n) is 8.55.